The van der Waals surface area contributed by atoms with Gasteiger partial charge in [0.05, 0.1) is 0 Å². The Morgan fingerprint density at radius 2 is 1.75 bits per heavy atom. The minimum Gasteiger partial charge on any atom is -0.329 e. The smallest absolute Gasteiger partial charge is 0.123 e. The molecule has 1 atom stereocenters. The van der Waals surface area contributed by atoms with Gasteiger partial charge in [0, 0.05) is 12.6 Å². The SMILES string of the molecule is CC(C)(C)C1CCN(C(CN)c2ccc(F)cc2)CC1. The molecule has 1 aromatic carbocycles. The van der Waals surface area contributed by atoms with Gasteiger partial charge in [-0.15, -0.1) is 0 Å². The van der Waals surface area contributed by atoms with Crippen molar-refractivity contribution in [1.29, 1.82) is 0 Å². The molecule has 1 aromatic rings. The maximum atomic E-state index is 13.0. The lowest BCUT2D eigenvalue weighted by Crippen LogP contribution is -2.42. The van der Waals surface area contributed by atoms with Crippen molar-refractivity contribution in [2.45, 2.75) is 39.7 Å². The van der Waals surface area contributed by atoms with Crippen LogP contribution in [0.3, 0.4) is 0 Å². The first-order valence-electron chi connectivity index (χ1n) is 7.61. The monoisotopic (exact) mass is 278 g/mol. The van der Waals surface area contributed by atoms with E-state index in [0.717, 1.165) is 24.6 Å². The Morgan fingerprint density at radius 3 is 2.20 bits per heavy atom. The highest BCUT2D eigenvalue weighted by atomic mass is 19.1. The van der Waals surface area contributed by atoms with Crippen molar-refractivity contribution in [1.82, 2.24) is 4.90 Å². The lowest BCUT2D eigenvalue weighted by atomic mass is 9.75. The fourth-order valence-electron chi connectivity index (χ4n) is 3.26. The average molecular weight is 278 g/mol. The molecule has 0 aromatic heterocycles. The molecule has 0 spiro atoms. The van der Waals surface area contributed by atoms with Crippen molar-refractivity contribution in [3.05, 3.63) is 35.6 Å². The maximum Gasteiger partial charge on any atom is 0.123 e. The number of benzene rings is 1. The second-order valence-corrected chi connectivity index (χ2v) is 6.98. The highest BCUT2D eigenvalue weighted by Crippen LogP contribution is 2.36. The fraction of sp³-hybridized carbons (Fsp3) is 0.647. The third kappa shape index (κ3) is 3.58. The van der Waals surface area contributed by atoms with Crippen LogP contribution in [0.4, 0.5) is 4.39 Å². The van der Waals surface area contributed by atoms with Gasteiger partial charge in [-0.3, -0.25) is 4.90 Å². The molecule has 2 nitrogen and oxygen atoms in total. The van der Waals surface area contributed by atoms with Gasteiger partial charge in [0.25, 0.3) is 0 Å². The van der Waals surface area contributed by atoms with Crippen molar-refractivity contribution < 1.29 is 4.39 Å². The summed E-state index contributed by atoms with van der Waals surface area (Å²) in [6.45, 7) is 9.74. The number of hydrogen-bond acceptors (Lipinski definition) is 2. The lowest BCUT2D eigenvalue weighted by molar-refractivity contribution is 0.0846. The van der Waals surface area contributed by atoms with Crippen molar-refractivity contribution in [3.8, 4) is 0 Å². The van der Waals surface area contributed by atoms with Crippen LogP contribution in [0.25, 0.3) is 0 Å². The zero-order chi connectivity index (χ0) is 14.8. The fourth-order valence-corrected chi connectivity index (χ4v) is 3.26. The summed E-state index contributed by atoms with van der Waals surface area (Å²) >= 11 is 0. The van der Waals surface area contributed by atoms with Gasteiger partial charge in [0.2, 0.25) is 0 Å². The van der Waals surface area contributed by atoms with Crippen molar-refractivity contribution >= 4 is 0 Å². The van der Waals surface area contributed by atoms with Crippen LogP contribution < -0.4 is 5.73 Å². The summed E-state index contributed by atoms with van der Waals surface area (Å²) in [5.41, 5.74) is 7.48. The molecule has 0 saturated carbocycles. The molecular weight excluding hydrogens is 251 g/mol. The standard InChI is InChI=1S/C17H27FN2/c1-17(2,3)14-8-10-20(11-9-14)16(12-19)13-4-6-15(18)7-5-13/h4-7,14,16H,8-12,19H2,1-3H3. The van der Waals surface area contributed by atoms with Crippen LogP contribution in [0.1, 0.15) is 45.2 Å². The van der Waals surface area contributed by atoms with Crippen LogP contribution in [0.5, 0.6) is 0 Å². The Kier molecular flexibility index (Phi) is 4.82. The van der Waals surface area contributed by atoms with Crippen molar-refractivity contribution in [2.24, 2.45) is 17.1 Å². The topological polar surface area (TPSA) is 29.3 Å². The Labute approximate surface area is 122 Å². The summed E-state index contributed by atoms with van der Waals surface area (Å²) in [6, 6.07) is 7.00. The molecule has 0 amide bonds. The summed E-state index contributed by atoms with van der Waals surface area (Å²) in [5, 5.41) is 0. The maximum absolute atomic E-state index is 13.0. The molecule has 1 saturated heterocycles. The number of likely N-dealkylation sites (tertiary alicyclic amines) is 1. The molecule has 2 rings (SSSR count). The molecular formula is C17H27FN2. The van der Waals surface area contributed by atoms with Crippen LogP contribution in [0.2, 0.25) is 0 Å². The van der Waals surface area contributed by atoms with Crippen molar-refractivity contribution in [2.75, 3.05) is 19.6 Å². The largest absolute Gasteiger partial charge is 0.329 e. The second kappa shape index (κ2) is 6.23. The van der Waals surface area contributed by atoms with E-state index in [1.807, 2.05) is 12.1 Å². The molecule has 0 aliphatic carbocycles. The minimum absolute atomic E-state index is 0.184. The summed E-state index contributed by atoms with van der Waals surface area (Å²) in [5.74, 6) is 0.598. The number of halogens is 1. The molecule has 1 aliphatic heterocycles. The zero-order valence-electron chi connectivity index (χ0n) is 12.9. The van der Waals surface area contributed by atoms with E-state index in [1.54, 1.807) is 0 Å². The highest BCUT2D eigenvalue weighted by Gasteiger charge is 2.31. The first kappa shape index (κ1) is 15.5. The van der Waals surface area contributed by atoms with Gasteiger partial charge in [-0.2, -0.15) is 0 Å². The number of nitrogens with zero attached hydrogens (tertiary/aromatic N) is 1. The summed E-state index contributed by atoms with van der Waals surface area (Å²) in [6.07, 6.45) is 2.45. The van der Waals surface area contributed by atoms with E-state index in [9.17, 15) is 4.39 Å². The van der Waals surface area contributed by atoms with Gasteiger partial charge in [-0.05, 0) is 55.0 Å². The van der Waals surface area contributed by atoms with E-state index < -0.39 is 0 Å². The third-order valence-electron chi connectivity index (χ3n) is 4.67. The molecule has 20 heavy (non-hydrogen) atoms. The molecule has 0 bridgehead atoms. The number of nitrogens with two attached hydrogens (primary N) is 1. The van der Waals surface area contributed by atoms with E-state index in [0.29, 0.717) is 12.0 Å². The number of hydrogen-bond donors (Lipinski definition) is 1. The Balaban J connectivity index is 2.02. The molecule has 1 fully saturated rings. The second-order valence-electron chi connectivity index (χ2n) is 6.98. The summed E-state index contributed by atoms with van der Waals surface area (Å²) < 4.78 is 13.0. The minimum atomic E-state index is -0.184. The predicted octanol–water partition coefficient (Wildman–Crippen LogP) is 3.58. The first-order valence-corrected chi connectivity index (χ1v) is 7.61. The van der Waals surface area contributed by atoms with Gasteiger partial charge in [0.1, 0.15) is 5.82 Å². The molecule has 3 heteroatoms. The predicted molar refractivity (Wildman–Crippen MR) is 81.9 cm³/mol. The normalized spacial score (nSPS) is 20.1. The van der Waals surface area contributed by atoms with E-state index in [4.69, 9.17) is 5.73 Å². The van der Waals surface area contributed by atoms with Crippen LogP contribution in [-0.2, 0) is 0 Å². The molecule has 0 radical (unpaired) electrons. The molecule has 2 N–H and O–H groups in total. The highest BCUT2D eigenvalue weighted by molar-refractivity contribution is 5.20. The van der Waals surface area contributed by atoms with Gasteiger partial charge in [-0.25, -0.2) is 4.39 Å². The van der Waals surface area contributed by atoms with E-state index in [-0.39, 0.29) is 11.9 Å². The Morgan fingerprint density at radius 1 is 1.20 bits per heavy atom. The zero-order valence-corrected chi connectivity index (χ0v) is 12.9. The first-order chi connectivity index (χ1) is 9.41. The van der Waals surface area contributed by atoms with Gasteiger partial charge in [0.15, 0.2) is 0 Å². The van der Waals surface area contributed by atoms with E-state index >= 15 is 0 Å². The molecule has 1 heterocycles. The van der Waals surface area contributed by atoms with Crippen LogP contribution in [-0.4, -0.2) is 24.5 Å². The van der Waals surface area contributed by atoms with Gasteiger partial charge in [-0.1, -0.05) is 32.9 Å². The quantitative estimate of drug-likeness (QED) is 0.915. The Bertz CT molecular complexity index is 414. The van der Waals surface area contributed by atoms with Gasteiger partial charge >= 0.3 is 0 Å². The Hall–Kier alpha value is -0.930. The summed E-state index contributed by atoms with van der Waals surface area (Å²) in [4.78, 5) is 2.45. The number of piperidine rings is 1. The van der Waals surface area contributed by atoms with Gasteiger partial charge < -0.3 is 5.73 Å². The number of rotatable bonds is 3. The summed E-state index contributed by atoms with van der Waals surface area (Å²) in [7, 11) is 0. The third-order valence-corrected chi connectivity index (χ3v) is 4.67. The van der Waals surface area contributed by atoms with Crippen LogP contribution in [0.15, 0.2) is 24.3 Å². The molecule has 1 aliphatic rings. The van der Waals surface area contributed by atoms with E-state index in [2.05, 4.69) is 25.7 Å². The van der Waals surface area contributed by atoms with Crippen LogP contribution in [0, 0.1) is 17.2 Å². The molecule has 112 valence electrons. The van der Waals surface area contributed by atoms with E-state index in [1.165, 1.54) is 25.0 Å². The van der Waals surface area contributed by atoms with Crippen LogP contribution >= 0.6 is 0 Å². The molecule has 1 unspecified atom stereocenters. The van der Waals surface area contributed by atoms with Crippen molar-refractivity contribution in [3.63, 3.8) is 0 Å². The average Bonchev–Trinajstić information content (AvgIpc) is 2.41. The lowest BCUT2D eigenvalue weighted by Gasteiger charge is -2.41.